The van der Waals surface area contributed by atoms with E-state index in [1.165, 1.54) is 0 Å². The standard InChI is InChI=1S/C16H22N6O/c1-21(16-13-2-3-18-15(13)19-9-20-16)12-4-10-7-22(14(23)6-17)8-11(10)5-12/h2-3,9-12H,4-8,17H2,1H3,(H,18,19,20)/t10-,11?,12?/m0/s1. The molecule has 2 aromatic rings. The minimum absolute atomic E-state index is 0.0779. The number of anilines is 1. The van der Waals surface area contributed by atoms with Gasteiger partial charge in [-0.15, -0.1) is 0 Å². The highest BCUT2D eigenvalue weighted by molar-refractivity contribution is 5.87. The van der Waals surface area contributed by atoms with Gasteiger partial charge in [0.05, 0.1) is 11.9 Å². The molecule has 2 aromatic heterocycles. The van der Waals surface area contributed by atoms with Crippen LogP contribution in [0.5, 0.6) is 0 Å². The maximum Gasteiger partial charge on any atom is 0.236 e. The van der Waals surface area contributed by atoms with Gasteiger partial charge in [-0.05, 0) is 30.7 Å². The molecule has 0 spiro atoms. The molecule has 4 rings (SSSR count). The van der Waals surface area contributed by atoms with Crippen molar-refractivity contribution in [3.05, 3.63) is 18.6 Å². The predicted molar refractivity (Wildman–Crippen MR) is 87.9 cm³/mol. The van der Waals surface area contributed by atoms with Gasteiger partial charge in [-0.2, -0.15) is 0 Å². The normalized spacial score (nSPS) is 26.7. The molecule has 1 amide bonds. The number of hydrogen-bond acceptors (Lipinski definition) is 5. The van der Waals surface area contributed by atoms with Crippen LogP contribution >= 0.6 is 0 Å². The summed E-state index contributed by atoms with van der Waals surface area (Å²) < 4.78 is 0. The van der Waals surface area contributed by atoms with E-state index in [4.69, 9.17) is 5.73 Å². The van der Waals surface area contributed by atoms with Crippen LogP contribution in [0.1, 0.15) is 12.8 Å². The number of aromatic amines is 1. The summed E-state index contributed by atoms with van der Waals surface area (Å²) >= 11 is 0. The molecule has 0 aromatic carbocycles. The average molecular weight is 314 g/mol. The Kier molecular flexibility index (Phi) is 3.45. The zero-order valence-corrected chi connectivity index (χ0v) is 13.3. The third-order valence-corrected chi connectivity index (χ3v) is 5.47. The third kappa shape index (κ3) is 2.35. The lowest BCUT2D eigenvalue weighted by atomic mass is 10.0. The van der Waals surface area contributed by atoms with Crippen LogP contribution in [0.3, 0.4) is 0 Å². The second-order valence-corrected chi connectivity index (χ2v) is 6.70. The molecule has 3 heterocycles. The van der Waals surface area contributed by atoms with E-state index in [1.807, 2.05) is 17.2 Å². The molecule has 2 fully saturated rings. The summed E-state index contributed by atoms with van der Waals surface area (Å²) in [6.45, 7) is 1.83. The Labute approximate surface area is 134 Å². The molecule has 1 saturated carbocycles. The fourth-order valence-electron chi connectivity index (χ4n) is 4.23. The van der Waals surface area contributed by atoms with E-state index in [0.29, 0.717) is 17.9 Å². The van der Waals surface area contributed by atoms with Gasteiger partial charge >= 0.3 is 0 Å². The summed E-state index contributed by atoms with van der Waals surface area (Å²) in [4.78, 5) is 27.9. The van der Waals surface area contributed by atoms with Crippen LogP contribution in [-0.4, -0.2) is 58.5 Å². The van der Waals surface area contributed by atoms with E-state index in [2.05, 4.69) is 26.9 Å². The largest absolute Gasteiger partial charge is 0.356 e. The Morgan fingerprint density at radius 3 is 2.83 bits per heavy atom. The van der Waals surface area contributed by atoms with Gasteiger partial charge in [0, 0.05) is 32.4 Å². The number of fused-ring (bicyclic) bond motifs is 2. The van der Waals surface area contributed by atoms with Crippen molar-refractivity contribution in [2.45, 2.75) is 18.9 Å². The lowest BCUT2D eigenvalue weighted by Crippen LogP contribution is -2.37. The van der Waals surface area contributed by atoms with Crippen LogP contribution in [0.4, 0.5) is 5.82 Å². The number of rotatable bonds is 3. The van der Waals surface area contributed by atoms with E-state index >= 15 is 0 Å². The van der Waals surface area contributed by atoms with E-state index in [-0.39, 0.29) is 12.5 Å². The van der Waals surface area contributed by atoms with Crippen molar-refractivity contribution in [3.8, 4) is 0 Å². The van der Waals surface area contributed by atoms with E-state index in [1.54, 1.807) is 6.33 Å². The van der Waals surface area contributed by atoms with Crippen molar-refractivity contribution in [1.29, 1.82) is 0 Å². The lowest BCUT2D eigenvalue weighted by Gasteiger charge is -2.27. The second kappa shape index (κ2) is 5.49. The van der Waals surface area contributed by atoms with Gasteiger partial charge < -0.3 is 20.5 Å². The van der Waals surface area contributed by atoms with Crippen molar-refractivity contribution in [3.63, 3.8) is 0 Å². The highest BCUT2D eigenvalue weighted by atomic mass is 16.2. The summed E-state index contributed by atoms with van der Waals surface area (Å²) in [6, 6.07) is 2.49. The monoisotopic (exact) mass is 314 g/mol. The van der Waals surface area contributed by atoms with Crippen molar-refractivity contribution in [2.75, 3.05) is 31.6 Å². The molecule has 23 heavy (non-hydrogen) atoms. The summed E-state index contributed by atoms with van der Waals surface area (Å²) in [5.74, 6) is 2.23. The molecule has 122 valence electrons. The Bertz CT molecular complexity index is 714. The SMILES string of the molecule is CN(c1ncnc2[nH]ccc12)C1CC2CN(C(=O)CN)C[C@@H]2C1. The van der Waals surface area contributed by atoms with Crippen molar-refractivity contribution < 1.29 is 4.79 Å². The number of nitrogens with one attached hydrogen (secondary N) is 1. The van der Waals surface area contributed by atoms with E-state index in [0.717, 1.165) is 42.8 Å². The summed E-state index contributed by atoms with van der Waals surface area (Å²) in [7, 11) is 2.11. The van der Waals surface area contributed by atoms with E-state index < -0.39 is 0 Å². The molecule has 2 unspecified atom stereocenters. The van der Waals surface area contributed by atoms with Crippen molar-refractivity contribution in [1.82, 2.24) is 19.9 Å². The number of amides is 1. The number of nitrogens with zero attached hydrogens (tertiary/aromatic N) is 4. The van der Waals surface area contributed by atoms with Gasteiger partial charge in [-0.1, -0.05) is 0 Å². The highest BCUT2D eigenvalue weighted by Gasteiger charge is 2.43. The molecule has 1 aliphatic heterocycles. The number of aromatic nitrogens is 3. The van der Waals surface area contributed by atoms with Crippen LogP contribution in [0.15, 0.2) is 18.6 Å². The molecule has 3 N–H and O–H groups in total. The minimum Gasteiger partial charge on any atom is -0.356 e. The van der Waals surface area contributed by atoms with Gasteiger partial charge in [-0.3, -0.25) is 4.79 Å². The topological polar surface area (TPSA) is 91.1 Å². The van der Waals surface area contributed by atoms with Crippen LogP contribution < -0.4 is 10.6 Å². The first kappa shape index (κ1) is 14.4. The van der Waals surface area contributed by atoms with Gasteiger partial charge in [0.25, 0.3) is 0 Å². The predicted octanol–water partition coefficient (Wildman–Crippen LogP) is 0.590. The lowest BCUT2D eigenvalue weighted by molar-refractivity contribution is -0.128. The smallest absolute Gasteiger partial charge is 0.236 e. The first-order valence-electron chi connectivity index (χ1n) is 8.16. The zero-order chi connectivity index (χ0) is 16.0. The molecule has 3 atom stereocenters. The number of carbonyl (C=O) groups is 1. The van der Waals surface area contributed by atoms with Gasteiger partial charge in [0.15, 0.2) is 0 Å². The minimum atomic E-state index is 0.0779. The highest BCUT2D eigenvalue weighted by Crippen LogP contribution is 2.41. The molecule has 1 aliphatic carbocycles. The molecule has 0 radical (unpaired) electrons. The fourth-order valence-corrected chi connectivity index (χ4v) is 4.23. The number of H-pyrrole nitrogens is 1. The maximum absolute atomic E-state index is 11.8. The number of nitrogens with two attached hydrogens (primary N) is 1. The van der Waals surface area contributed by atoms with Crippen LogP contribution in [0, 0.1) is 11.8 Å². The Morgan fingerprint density at radius 2 is 2.13 bits per heavy atom. The molecule has 7 nitrogen and oxygen atoms in total. The number of hydrogen-bond donors (Lipinski definition) is 2. The van der Waals surface area contributed by atoms with Crippen molar-refractivity contribution >= 4 is 22.8 Å². The summed E-state index contributed by atoms with van der Waals surface area (Å²) in [6.07, 6.45) is 5.72. The summed E-state index contributed by atoms with van der Waals surface area (Å²) in [5, 5.41) is 1.06. The average Bonchev–Trinajstić information content (AvgIpc) is 3.26. The van der Waals surface area contributed by atoms with Gasteiger partial charge in [0.2, 0.25) is 5.91 Å². The molecule has 7 heteroatoms. The first-order chi connectivity index (χ1) is 11.2. The molecule has 2 aliphatic rings. The molecular formula is C16H22N6O. The zero-order valence-electron chi connectivity index (χ0n) is 13.3. The number of carbonyl (C=O) groups excluding carboxylic acids is 1. The number of likely N-dealkylation sites (tertiary alicyclic amines) is 1. The van der Waals surface area contributed by atoms with E-state index in [9.17, 15) is 4.79 Å². The van der Waals surface area contributed by atoms with Gasteiger partial charge in [0.1, 0.15) is 17.8 Å². The summed E-state index contributed by atoms with van der Waals surface area (Å²) in [5.41, 5.74) is 6.35. The fraction of sp³-hybridized carbons (Fsp3) is 0.562. The van der Waals surface area contributed by atoms with Crippen LogP contribution in [0.2, 0.25) is 0 Å². The molecular weight excluding hydrogens is 292 g/mol. The molecule has 0 bridgehead atoms. The van der Waals surface area contributed by atoms with Crippen molar-refractivity contribution in [2.24, 2.45) is 17.6 Å². The quantitative estimate of drug-likeness (QED) is 0.865. The Hall–Kier alpha value is -2.15. The maximum atomic E-state index is 11.8. The van der Waals surface area contributed by atoms with Crippen LogP contribution in [0.25, 0.3) is 11.0 Å². The Balaban J connectivity index is 1.49. The van der Waals surface area contributed by atoms with Gasteiger partial charge in [-0.25, -0.2) is 9.97 Å². The first-order valence-corrected chi connectivity index (χ1v) is 8.16. The second-order valence-electron chi connectivity index (χ2n) is 6.70. The van der Waals surface area contributed by atoms with Crippen LogP contribution in [-0.2, 0) is 4.79 Å². The molecule has 1 saturated heterocycles. The Morgan fingerprint density at radius 1 is 1.39 bits per heavy atom. The third-order valence-electron chi connectivity index (χ3n) is 5.47.